The largest absolute Gasteiger partial charge is 0.339 e. The first-order valence-corrected chi connectivity index (χ1v) is 7.92. The van der Waals surface area contributed by atoms with Gasteiger partial charge in [0.2, 0.25) is 5.89 Å². The highest BCUT2D eigenvalue weighted by Gasteiger charge is 2.32. The van der Waals surface area contributed by atoms with Crippen LogP contribution in [0, 0.1) is 5.92 Å². The number of fused-ring (bicyclic) bond motifs is 1. The summed E-state index contributed by atoms with van der Waals surface area (Å²) in [5, 5.41) is 7.63. The Labute approximate surface area is 124 Å². The topological polar surface area (TPSA) is 51.0 Å². The van der Waals surface area contributed by atoms with Gasteiger partial charge in [-0.25, -0.2) is 0 Å². The smallest absolute Gasteiger partial charge is 0.228 e. The van der Waals surface area contributed by atoms with Crippen LogP contribution in [0.5, 0.6) is 0 Å². The highest BCUT2D eigenvalue weighted by atomic mass is 16.5. The van der Waals surface area contributed by atoms with E-state index in [1.807, 2.05) is 7.05 Å². The van der Waals surface area contributed by atoms with Gasteiger partial charge < -0.3 is 9.84 Å². The average molecular weight is 283 g/mol. The van der Waals surface area contributed by atoms with E-state index in [0.717, 1.165) is 36.9 Å². The third-order valence-electron chi connectivity index (χ3n) is 4.88. The van der Waals surface area contributed by atoms with E-state index in [2.05, 4.69) is 39.7 Å². The summed E-state index contributed by atoms with van der Waals surface area (Å²) >= 11 is 0. The van der Waals surface area contributed by atoms with Crippen LogP contribution in [0.15, 0.2) is 28.8 Å². The highest BCUT2D eigenvalue weighted by Crippen LogP contribution is 2.37. The molecule has 1 fully saturated rings. The van der Waals surface area contributed by atoms with E-state index in [0.29, 0.717) is 12.0 Å². The Morgan fingerprint density at radius 1 is 1.29 bits per heavy atom. The molecule has 2 aromatic rings. The number of hydrogen-bond acceptors (Lipinski definition) is 4. The van der Waals surface area contributed by atoms with E-state index in [1.54, 1.807) is 0 Å². The van der Waals surface area contributed by atoms with Crippen LogP contribution in [-0.2, 0) is 12.8 Å². The molecule has 2 atom stereocenters. The number of hydrogen-bond donors (Lipinski definition) is 1. The molecule has 1 aromatic heterocycles. The van der Waals surface area contributed by atoms with Crippen molar-refractivity contribution in [3.8, 4) is 0 Å². The lowest BCUT2D eigenvalue weighted by Gasteiger charge is -2.11. The summed E-state index contributed by atoms with van der Waals surface area (Å²) in [6.45, 7) is 0. The zero-order valence-electron chi connectivity index (χ0n) is 12.4. The maximum atomic E-state index is 5.50. The van der Waals surface area contributed by atoms with Crippen molar-refractivity contribution in [3.05, 3.63) is 47.1 Å². The monoisotopic (exact) mass is 283 g/mol. The van der Waals surface area contributed by atoms with Crippen LogP contribution < -0.4 is 5.32 Å². The van der Waals surface area contributed by atoms with Crippen LogP contribution in [0.2, 0.25) is 0 Å². The molecule has 21 heavy (non-hydrogen) atoms. The van der Waals surface area contributed by atoms with E-state index < -0.39 is 0 Å². The first-order valence-electron chi connectivity index (χ1n) is 7.92. The zero-order chi connectivity index (χ0) is 14.2. The lowest BCUT2D eigenvalue weighted by molar-refractivity contribution is 0.347. The van der Waals surface area contributed by atoms with Crippen molar-refractivity contribution in [1.29, 1.82) is 0 Å². The van der Waals surface area contributed by atoms with E-state index in [-0.39, 0.29) is 0 Å². The van der Waals surface area contributed by atoms with Crippen molar-refractivity contribution in [2.75, 3.05) is 7.05 Å². The van der Waals surface area contributed by atoms with Crippen molar-refractivity contribution in [1.82, 2.24) is 15.5 Å². The lowest BCUT2D eigenvalue weighted by atomic mass is 10.0. The Morgan fingerprint density at radius 2 is 2.14 bits per heavy atom. The van der Waals surface area contributed by atoms with Gasteiger partial charge in [0.05, 0.1) is 0 Å². The molecule has 0 bridgehead atoms. The van der Waals surface area contributed by atoms with Gasteiger partial charge in [0.1, 0.15) is 0 Å². The maximum absolute atomic E-state index is 5.50. The summed E-state index contributed by atoms with van der Waals surface area (Å²) in [4.78, 5) is 4.67. The minimum atomic E-state index is 0.313. The first-order chi connectivity index (χ1) is 10.3. The van der Waals surface area contributed by atoms with Crippen LogP contribution in [-0.4, -0.2) is 23.2 Å². The van der Waals surface area contributed by atoms with Gasteiger partial charge in [0.15, 0.2) is 5.82 Å². The molecule has 0 spiro atoms. The number of likely N-dealkylation sites (N-methyl/N-ethyl adjacent to an activating group) is 1. The Hall–Kier alpha value is -1.68. The van der Waals surface area contributed by atoms with Crippen LogP contribution in [0.25, 0.3) is 0 Å². The molecule has 0 saturated heterocycles. The van der Waals surface area contributed by atoms with Crippen molar-refractivity contribution in [2.45, 2.75) is 44.1 Å². The van der Waals surface area contributed by atoms with Gasteiger partial charge in [0.25, 0.3) is 0 Å². The summed E-state index contributed by atoms with van der Waals surface area (Å²) in [5.41, 5.74) is 2.80. The van der Waals surface area contributed by atoms with Crippen LogP contribution in [0.4, 0.5) is 0 Å². The van der Waals surface area contributed by atoms with Gasteiger partial charge in [0, 0.05) is 18.4 Å². The molecule has 1 aromatic carbocycles. The Morgan fingerprint density at radius 3 is 2.95 bits per heavy atom. The Kier molecular flexibility index (Phi) is 3.26. The molecular formula is C17H21N3O. The number of nitrogens with one attached hydrogen (secondary N) is 1. The average Bonchev–Trinajstić information content (AvgIpc) is 3.10. The molecule has 4 heteroatoms. The Balaban J connectivity index is 1.52. The standard InChI is InChI=1S/C17H21N3O/c1-18-15(12-6-7-12)10-16-19-17(20-21-16)14-9-8-11-4-2-3-5-13(11)14/h2-5,12,14-15,18H,6-10H2,1H3. The van der Waals surface area contributed by atoms with Crippen molar-refractivity contribution in [3.63, 3.8) is 0 Å². The molecule has 0 radical (unpaired) electrons. The van der Waals surface area contributed by atoms with Gasteiger partial charge in [-0.2, -0.15) is 4.98 Å². The van der Waals surface area contributed by atoms with Gasteiger partial charge in [-0.05, 0) is 49.8 Å². The third-order valence-corrected chi connectivity index (χ3v) is 4.88. The first kappa shape index (κ1) is 13.0. The molecular weight excluding hydrogens is 262 g/mol. The summed E-state index contributed by atoms with van der Waals surface area (Å²) in [6.07, 6.45) is 5.70. The molecule has 110 valence electrons. The fourth-order valence-electron chi connectivity index (χ4n) is 3.51. The van der Waals surface area contributed by atoms with Crippen molar-refractivity contribution in [2.24, 2.45) is 5.92 Å². The fraction of sp³-hybridized carbons (Fsp3) is 0.529. The van der Waals surface area contributed by atoms with Crippen molar-refractivity contribution >= 4 is 0 Å². The van der Waals surface area contributed by atoms with Gasteiger partial charge in [-0.3, -0.25) is 0 Å². The minimum absolute atomic E-state index is 0.313. The summed E-state index contributed by atoms with van der Waals surface area (Å²) < 4.78 is 5.50. The van der Waals surface area contributed by atoms with Crippen LogP contribution in [0.3, 0.4) is 0 Å². The van der Waals surface area contributed by atoms with Gasteiger partial charge >= 0.3 is 0 Å². The molecule has 2 aliphatic carbocycles. The second kappa shape index (κ2) is 5.26. The molecule has 2 unspecified atom stereocenters. The molecule has 2 aliphatic rings. The normalized spacial score (nSPS) is 22.2. The van der Waals surface area contributed by atoms with E-state index >= 15 is 0 Å². The molecule has 1 N–H and O–H groups in total. The molecule has 0 amide bonds. The zero-order valence-corrected chi connectivity index (χ0v) is 12.4. The third kappa shape index (κ3) is 2.48. The number of rotatable bonds is 5. The predicted octanol–water partition coefficient (Wildman–Crippen LogP) is 2.69. The number of aryl methyl sites for hydroxylation is 1. The molecule has 4 nitrogen and oxygen atoms in total. The molecule has 1 saturated carbocycles. The number of aromatic nitrogens is 2. The summed E-state index contributed by atoms with van der Waals surface area (Å²) in [7, 11) is 2.02. The fourth-order valence-corrected chi connectivity index (χ4v) is 3.51. The summed E-state index contributed by atoms with van der Waals surface area (Å²) in [5.74, 6) is 2.74. The Bertz CT molecular complexity index is 632. The van der Waals surface area contributed by atoms with Crippen LogP contribution in [0.1, 0.15) is 48.0 Å². The van der Waals surface area contributed by atoms with Crippen LogP contribution >= 0.6 is 0 Å². The minimum Gasteiger partial charge on any atom is -0.339 e. The van der Waals surface area contributed by atoms with Crippen molar-refractivity contribution < 1.29 is 4.52 Å². The second-order valence-corrected chi connectivity index (χ2v) is 6.27. The number of nitrogens with zero attached hydrogens (tertiary/aromatic N) is 2. The predicted molar refractivity (Wildman–Crippen MR) is 80.2 cm³/mol. The van der Waals surface area contributed by atoms with Gasteiger partial charge in [-0.15, -0.1) is 0 Å². The van der Waals surface area contributed by atoms with E-state index in [9.17, 15) is 0 Å². The van der Waals surface area contributed by atoms with Gasteiger partial charge in [-0.1, -0.05) is 29.4 Å². The molecule has 4 rings (SSSR count). The molecule has 1 heterocycles. The highest BCUT2D eigenvalue weighted by molar-refractivity contribution is 5.38. The summed E-state index contributed by atoms with van der Waals surface area (Å²) in [6, 6.07) is 9.09. The second-order valence-electron chi connectivity index (χ2n) is 6.27. The van der Waals surface area contributed by atoms with E-state index in [4.69, 9.17) is 4.52 Å². The lowest BCUT2D eigenvalue weighted by Crippen LogP contribution is -2.29. The van der Waals surface area contributed by atoms with E-state index in [1.165, 1.54) is 24.0 Å². The number of benzene rings is 1. The maximum Gasteiger partial charge on any atom is 0.228 e. The molecule has 0 aliphatic heterocycles. The quantitative estimate of drug-likeness (QED) is 0.916. The SMILES string of the molecule is CNC(Cc1nc(C2CCc3ccccc32)no1)C1CC1.